The van der Waals surface area contributed by atoms with Gasteiger partial charge in [0.15, 0.2) is 0 Å². The number of hydrogen-bond acceptors (Lipinski definition) is 4. The first-order valence-corrected chi connectivity index (χ1v) is 8.29. The Hall–Kier alpha value is -2.73. The maximum Gasteiger partial charge on any atom is 0.275 e. The van der Waals surface area contributed by atoms with Gasteiger partial charge in [-0.25, -0.2) is 9.37 Å². The van der Waals surface area contributed by atoms with Crippen molar-refractivity contribution in [2.24, 2.45) is 0 Å². The lowest BCUT2D eigenvalue weighted by molar-refractivity contribution is 0.626. The van der Waals surface area contributed by atoms with Crippen LogP contribution in [0.25, 0.3) is 21.6 Å². The van der Waals surface area contributed by atoms with Gasteiger partial charge in [0.1, 0.15) is 16.8 Å². The van der Waals surface area contributed by atoms with Crippen LogP contribution in [0.2, 0.25) is 0 Å². The maximum absolute atomic E-state index is 13.4. The van der Waals surface area contributed by atoms with Gasteiger partial charge in [-0.2, -0.15) is 0 Å². The zero-order chi connectivity index (χ0) is 17.1. The molecule has 0 atom stereocenters. The zero-order valence-corrected chi connectivity index (χ0v) is 14.1. The van der Waals surface area contributed by atoms with Crippen LogP contribution in [0, 0.1) is 5.82 Å². The minimum absolute atomic E-state index is 0.205. The number of halogens is 1. The summed E-state index contributed by atoms with van der Waals surface area (Å²) in [6.45, 7) is 1.94. The fourth-order valence-corrected chi connectivity index (χ4v) is 3.36. The number of nitrogens with zero attached hydrogens (tertiary/aromatic N) is 2. The molecule has 24 heavy (non-hydrogen) atoms. The van der Waals surface area contributed by atoms with Crippen molar-refractivity contribution < 1.29 is 4.39 Å². The van der Waals surface area contributed by atoms with Crippen LogP contribution in [-0.2, 0) is 0 Å². The first kappa shape index (κ1) is 16.1. The largest absolute Gasteiger partial charge is 0.388 e. The highest BCUT2D eigenvalue weighted by Gasteiger charge is 2.14. The molecule has 0 spiro atoms. The van der Waals surface area contributed by atoms with Crippen LogP contribution >= 0.6 is 11.3 Å². The van der Waals surface area contributed by atoms with Crippen LogP contribution < -0.4 is 10.9 Å². The topological polar surface area (TPSA) is 46.9 Å². The van der Waals surface area contributed by atoms with Crippen LogP contribution in [0.1, 0.15) is 12.5 Å². The van der Waals surface area contributed by atoms with Crippen molar-refractivity contribution in [3.8, 4) is 5.69 Å². The van der Waals surface area contributed by atoms with Crippen molar-refractivity contribution in [2.45, 2.75) is 6.92 Å². The van der Waals surface area contributed by atoms with Crippen molar-refractivity contribution in [1.29, 1.82) is 0 Å². The Balaban J connectivity index is 2.17. The number of rotatable bonds is 4. The van der Waals surface area contributed by atoms with E-state index in [0.29, 0.717) is 15.9 Å². The first-order chi connectivity index (χ1) is 11.7. The highest BCUT2D eigenvalue weighted by atomic mass is 32.1. The van der Waals surface area contributed by atoms with E-state index in [1.54, 1.807) is 12.1 Å². The van der Waals surface area contributed by atoms with Gasteiger partial charge in [-0.05, 0) is 31.2 Å². The summed E-state index contributed by atoms with van der Waals surface area (Å²) in [6, 6.07) is 5.90. The van der Waals surface area contributed by atoms with Crippen molar-refractivity contribution in [3.05, 3.63) is 75.9 Å². The van der Waals surface area contributed by atoms with Gasteiger partial charge in [0.2, 0.25) is 0 Å². The van der Waals surface area contributed by atoms with Crippen LogP contribution in [0.15, 0.2) is 59.0 Å². The Morgan fingerprint density at radius 2 is 2.25 bits per heavy atom. The Labute approximate surface area is 142 Å². The molecule has 4 nitrogen and oxygen atoms in total. The zero-order valence-electron chi connectivity index (χ0n) is 13.3. The summed E-state index contributed by atoms with van der Waals surface area (Å²) in [7, 11) is 1.83. The molecule has 1 aromatic carbocycles. The highest BCUT2D eigenvalue weighted by molar-refractivity contribution is 7.17. The molecule has 3 aromatic rings. The van der Waals surface area contributed by atoms with Gasteiger partial charge in [0.05, 0.1) is 11.2 Å². The van der Waals surface area contributed by atoms with Crippen LogP contribution in [0.4, 0.5) is 4.39 Å². The SMILES string of the molecule is C/C=C\C=C(\NC)c1csc2c(=O)n(-c3cccc(F)c3)cnc12. The standard InChI is InChI=1S/C18H16FN3OS/c1-3-4-8-15(20-2)14-10-24-17-16(14)21-11-22(18(17)23)13-7-5-6-12(19)9-13/h3-11,20H,1-2H3/b4-3-,15-8+. The molecular formula is C18H16FN3OS. The summed E-state index contributed by atoms with van der Waals surface area (Å²) >= 11 is 1.34. The molecule has 2 aromatic heterocycles. The predicted molar refractivity (Wildman–Crippen MR) is 97.0 cm³/mol. The normalized spacial score (nSPS) is 12.2. The van der Waals surface area contributed by atoms with E-state index in [-0.39, 0.29) is 5.56 Å². The molecule has 0 radical (unpaired) electrons. The molecule has 0 unspecified atom stereocenters. The quantitative estimate of drug-likeness (QED) is 0.736. The summed E-state index contributed by atoms with van der Waals surface area (Å²) in [5.74, 6) is -0.391. The summed E-state index contributed by atoms with van der Waals surface area (Å²) in [4.78, 5) is 17.2. The second-order valence-corrected chi connectivity index (χ2v) is 5.96. The third kappa shape index (κ3) is 2.88. The molecule has 2 heterocycles. The lowest BCUT2D eigenvalue weighted by Gasteiger charge is -2.07. The van der Waals surface area contributed by atoms with E-state index in [1.165, 1.54) is 34.4 Å². The van der Waals surface area contributed by atoms with Crippen LogP contribution in [0.3, 0.4) is 0 Å². The van der Waals surface area contributed by atoms with E-state index in [2.05, 4.69) is 10.3 Å². The molecule has 6 heteroatoms. The molecule has 0 aliphatic heterocycles. The van der Waals surface area contributed by atoms with Gasteiger partial charge in [0, 0.05) is 23.7 Å². The Morgan fingerprint density at radius 3 is 2.96 bits per heavy atom. The van der Waals surface area contributed by atoms with E-state index < -0.39 is 5.82 Å². The molecule has 0 saturated carbocycles. The van der Waals surface area contributed by atoms with Crippen molar-refractivity contribution in [2.75, 3.05) is 7.05 Å². The average Bonchev–Trinajstić information content (AvgIpc) is 3.01. The molecule has 0 aliphatic carbocycles. The summed E-state index contributed by atoms with van der Waals surface area (Å²) in [6.07, 6.45) is 7.22. The molecule has 0 bridgehead atoms. The van der Waals surface area contributed by atoms with Crippen LogP contribution in [0.5, 0.6) is 0 Å². The Morgan fingerprint density at radius 1 is 1.42 bits per heavy atom. The van der Waals surface area contributed by atoms with Gasteiger partial charge >= 0.3 is 0 Å². The minimum atomic E-state index is -0.391. The fraction of sp³-hybridized carbons (Fsp3) is 0.111. The maximum atomic E-state index is 13.4. The number of fused-ring (bicyclic) bond motifs is 1. The van der Waals surface area contributed by atoms with Crippen LogP contribution in [-0.4, -0.2) is 16.6 Å². The molecular weight excluding hydrogens is 325 g/mol. The third-order valence-electron chi connectivity index (χ3n) is 3.58. The first-order valence-electron chi connectivity index (χ1n) is 7.41. The van der Waals surface area contributed by atoms with E-state index >= 15 is 0 Å². The van der Waals surface area contributed by atoms with E-state index in [0.717, 1.165) is 11.3 Å². The summed E-state index contributed by atoms with van der Waals surface area (Å²) in [5.41, 5.74) is 2.66. The molecule has 0 aliphatic rings. The van der Waals surface area contributed by atoms with E-state index in [1.807, 2.05) is 37.6 Å². The number of nitrogens with one attached hydrogen (secondary N) is 1. The van der Waals surface area contributed by atoms with Gasteiger partial charge < -0.3 is 5.32 Å². The van der Waals surface area contributed by atoms with Gasteiger partial charge in [0.25, 0.3) is 5.56 Å². The van der Waals surface area contributed by atoms with E-state index in [9.17, 15) is 9.18 Å². The van der Waals surface area contributed by atoms with Crippen molar-refractivity contribution in [1.82, 2.24) is 14.9 Å². The van der Waals surface area contributed by atoms with Crippen molar-refractivity contribution in [3.63, 3.8) is 0 Å². The lowest BCUT2D eigenvalue weighted by Crippen LogP contribution is -2.18. The molecule has 122 valence electrons. The second-order valence-electron chi connectivity index (χ2n) is 5.08. The average molecular weight is 341 g/mol. The van der Waals surface area contributed by atoms with E-state index in [4.69, 9.17) is 0 Å². The fourth-order valence-electron chi connectivity index (χ4n) is 2.41. The number of thiophene rings is 1. The predicted octanol–water partition coefficient (Wildman–Crippen LogP) is 3.72. The minimum Gasteiger partial charge on any atom is -0.388 e. The molecule has 0 amide bonds. The number of hydrogen-bond donors (Lipinski definition) is 1. The second kappa shape index (κ2) is 6.80. The third-order valence-corrected chi connectivity index (χ3v) is 4.54. The smallest absolute Gasteiger partial charge is 0.275 e. The Bertz CT molecular complexity index is 1000. The molecule has 1 N–H and O–H groups in total. The monoisotopic (exact) mass is 341 g/mol. The number of benzene rings is 1. The molecule has 0 saturated heterocycles. The molecule has 0 fully saturated rings. The summed E-state index contributed by atoms with van der Waals surface area (Å²) in [5, 5.41) is 5.03. The van der Waals surface area contributed by atoms with Gasteiger partial charge in [-0.1, -0.05) is 18.2 Å². The Kier molecular flexibility index (Phi) is 4.57. The molecule has 3 rings (SSSR count). The van der Waals surface area contributed by atoms with Gasteiger partial charge in [-0.3, -0.25) is 9.36 Å². The number of aromatic nitrogens is 2. The summed E-state index contributed by atoms with van der Waals surface area (Å²) < 4.78 is 15.3. The van der Waals surface area contributed by atoms with Gasteiger partial charge in [-0.15, -0.1) is 11.3 Å². The highest BCUT2D eigenvalue weighted by Crippen LogP contribution is 2.26. The lowest BCUT2D eigenvalue weighted by atomic mass is 10.2. The number of allylic oxidation sites excluding steroid dienone is 3. The van der Waals surface area contributed by atoms with Crippen molar-refractivity contribution >= 4 is 27.3 Å².